The molecule has 9 atom stereocenters. The van der Waals surface area contributed by atoms with Crippen molar-refractivity contribution in [2.24, 2.45) is 0 Å². The van der Waals surface area contributed by atoms with Gasteiger partial charge >= 0.3 is 11.9 Å². The summed E-state index contributed by atoms with van der Waals surface area (Å²) in [6.45, 7) is -2.74. The number of phenols is 2. The van der Waals surface area contributed by atoms with E-state index in [1.165, 1.54) is 60.7 Å². The molecule has 0 spiro atoms. The number of aromatic hydroxyl groups is 2. The molecule has 8 N–H and O–H groups in total. The molecule has 2 aliphatic heterocycles. The van der Waals surface area contributed by atoms with Gasteiger partial charge in [-0.05, 0) is 47.5 Å². The second kappa shape index (κ2) is 14.9. The van der Waals surface area contributed by atoms with Crippen LogP contribution in [-0.4, -0.2) is 127 Å². The zero-order valence-electron chi connectivity index (χ0n) is 23.6. The number of rotatable bonds is 11. The number of hydrogen-bond acceptors (Lipinski definition) is 15. The molecule has 15 nitrogen and oxygen atoms in total. The molecule has 0 radical (unpaired) electrons. The molecule has 45 heavy (non-hydrogen) atoms. The van der Waals surface area contributed by atoms with Crippen LogP contribution >= 0.6 is 0 Å². The molecule has 0 saturated carbocycles. The molecular weight excluding hydrogens is 600 g/mol. The van der Waals surface area contributed by atoms with E-state index in [0.717, 1.165) is 12.2 Å². The standard InChI is InChI=1S/C30H34O15/c31-13-20-24(38)28(43-23(37)12-6-17-3-9-19(35)10-4-17)30(15-33,44-20)45-29-26(40)25(39)27(21(14-32)41-29)42-22(36)11-5-16-1-7-18(34)8-2-16/h1-12,20-21,24-29,31-35,38-40H,13-15H2/b11-5+,12-6+/t20-,21-,24-,25-,26-,27-,28+,29-,30+/m1/s1. The predicted octanol–water partition coefficient (Wildman–Crippen LogP) is -1.46. The summed E-state index contributed by atoms with van der Waals surface area (Å²) in [7, 11) is 0. The number of phenolic OH excluding ortho intramolecular Hbond substituents is 2. The number of aliphatic hydroxyl groups is 6. The van der Waals surface area contributed by atoms with E-state index in [-0.39, 0.29) is 11.5 Å². The van der Waals surface area contributed by atoms with Gasteiger partial charge in [-0.15, -0.1) is 0 Å². The topological polar surface area (TPSA) is 242 Å². The summed E-state index contributed by atoms with van der Waals surface area (Å²) >= 11 is 0. The minimum atomic E-state index is -2.43. The average molecular weight is 635 g/mol. The van der Waals surface area contributed by atoms with Gasteiger partial charge in [0.25, 0.3) is 0 Å². The third-order valence-electron chi connectivity index (χ3n) is 7.12. The molecule has 0 amide bonds. The van der Waals surface area contributed by atoms with Crippen molar-refractivity contribution in [3.8, 4) is 11.5 Å². The van der Waals surface area contributed by atoms with E-state index in [4.69, 9.17) is 23.7 Å². The Balaban J connectivity index is 1.47. The van der Waals surface area contributed by atoms with E-state index in [1.54, 1.807) is 0 Å². The zero-order chi connectivity index (χ0) is 32.7. The van der Waals surface area contributed by atoms with Crippen LogP contribution in [0.3, 0.4) is 0 Å². The lowest BCUT2D eigenvalue weighted by Gasteiger charge is -2.44. The smallest absolute Gasteiger partial charge is 0.331 e. The Labute approximate surface area is 256 Å². The second-order valence-electron chi connectivity index (χ2n) is 10.2. The lowest BCUT2D eigenvalue weighted by atomic mass is 9.98. The quantitative estimate of drug-likeness (QED) is 0.104. The van der Waals surface area contributed by atoms with Crippen LogP contribution in [0.1, 0.15) is 11.1 Å². The largest absolute Gasteiger partial charge is 0.508 e. The van der Waals surface area contributed by atoms with E-state index >= 15 is 0 Å². The lowest BCUT2D eigenvalue weighted by molar-refractivity contribution is -0.383. The molecule has 2 saturated heterocycles. The van der Waals surface area contributed by atoms with Crippen molar-refractivity contribution in [1.82, 2.24) is 0 Å². The Morgan fingerprint density at radius 2 is 1.24 bits per heavy atom. The fourth-order valence-corrected chi connectivity index (χ4v) is 4.74. The van der Waals surface area contributed by atoms with Crippen LogP contribution < -0.4 is 0 Å². The molecule has 2 heterocycles. The maximum absolute atomic E-state index is 12.7. The maximum atomic E-state index is 12.7. The summed E-state index contributed by atoms with van der Waals surface area (Å²) in [5.74, 6) is -4.40. The molecule has 2 fully saturated rings. The Kier molecular flexibility index (Phi) is 11.3. The Morgan fingerprint density at radius 3 is 1.73 bits per heavy atom. The number of carbonyl (C=O) groups is 2. The highest BCUT2D eigenvalue weighted by molar-refractivity contribution is 5.87. The second-order valence-corrected chi connectivity index (χ2v) is 10.2. The van der Waals surface area contributed by atoms with Crippen molar-refractivity contribution in [3.05, 3.63) is 71.8 Å². The van der Waals surface area contributed by atoms with Gasteiger partial charge < -0.3 is 64.5 Å². The molecular formula is C30H34O15. The van der Waals surface area contributed by atoms with E-state index in [9.17, 15) is 50.4 Å². The number of esters is 2. The van der Waals surface area contributed by atoms with Crippen LogP contribution in [-0.2, 0) is 33.3 Å². The highest BCUT2D eigenvalue weighted by atomic mass is 16.8. The number of benzene rings is 2. The van der Waals surface area contributed by atoms with Gasteiger partial charge in [-0.3, -0.25) is 0 Å². The predicted molar refractivity (Wildman–Crippen MR) is 151 cm³/mol. The van der Waals surface area contributed by atoms with Crippen LogP contribution in [0.25, 0.3) is 12.2 Å². The first kappa shape index (κ1) is 34.0. The first-order valence-electron chi connectivity index (χ1n) is 13.7. The highest BCUT2D eigenvalue weighted by Gasteiger charge is 2.61. The molecule has 0 unspecified atom stereocenters. The third-order valence-corrected chi connectivity index (χ3v) is 7.12. The summed E-state index contributed by atoms with van der Waals surface area (Å²) in [4.78, 5) is 25.1. The minimum absolute atomic E-state index is 0.00786. The summed E-state index contributed by atoms with van der Waals surface area (Å²) in [6.07, 6.45) is -9.11. The van der Waals surface area contributed by atoms with Gasteiger partial charge in [0.05, 0.1) is 13.2 Å². The molecule has 244 valence electrons. The molecule has 15 heteroatoms. The average Bonchev–Trinajstić information content (AvgIpc) is 3.30. The van der Waals surface area contributed by atoms with E-state index in [2.05, 4.69) is 0 Å². The summed E-state index contributed by atoms with van der Waals surface area (Å²) in [5.41, 5.74) is 1.05. The Bertz CT molecular complexity index is 1340. The number of hydrogen-bond donors (Lipinski definition) is 8. The van der Waals surface area contributed by atoms with Gasteiger partial charge in [-0.25, -0.2) is 9.59 Å². The Morgan fingerprint density at radius 1 is 0.733 bits per heavy atom. The highest BCUT2D eigenvalue weighted by Crippen LogP contribution is 2.38. The number of carbonyl (C=O) groups excluding carboxylic acids is 2. The fourth-order valence-electron chi connectivity index (χ4n) is 4.74. The van der Waals surface area contributed by atoms with Gasteiger partial charge in [0.2, 0.25) is 5.79 Å². The van der Waals surface area contributed by atoms with Crippen LogP contribution in [0.4, 0.5) is 0 Å². The molecule has 2 aromatic carbocycles. The van der Waals surface area contributed by atoms with Crippen LogP contribution in [0, 0.1) is 0 Å². The number of aliphatic hydroxyl groups excluding tert-OH is 6. The van der Waals surface area contributed by atoms with E-state index in [0.29, 0.717) is 11.1 Å². The summed E-state index contributed by atoms with van der Waals surface area (Å²) < 4.78 is 27.3. The van der Waals surface area contributed by atoms with Crippen molar-refractivity contribution in [2.75, 3.05) is 19.8 Å². The van der Waals surface area contributed by atoms with Gasteiger partial charge in [0, 0.05) is 12.2 Å². The van der Waals surface area contributed by atoms with Crippen LogP contribution in [0.5, 0.6) is 11.5 Å². The minimum Gasteiger partial charge on any atom is -0.508 e. The van der Waals surface area contributed by atoms with Crippen LogP contribution in [0.2, 0.25) is 0 Å². The lowest BCUT2D eigenvalue weighted by Crippen LogP contribution is -2.63. The summed E-state index contributed by atoms with van der Waals surface area (Å²) in [6, 6.07) is 11.6. The van der Waals surface area contributed by atoms with Crippen LogP contribution in [0.15, 0.2) is 60.7 Å². The molecule has 2 aliphatic rings. The monoisotopic (exact) mass is 634 g/mol. The van der Waals surface area contributed by atoms with Crippen molar-refractivity contribution >= 4 is 24.1 Å². The Hall–Kier alpha value is -3.90. The maximum Gasteiger partial charge on any atom is 0.331 e. The first-order valence-corrected chi connectivity index (χ1v) is 13.7. The van der Waals surface area contributed by atoms with Gasteiger partial charge in [0.1, 0.15) is 48.6 Å². The molecule has 0 aromatic heterocycles. The van der Waals surface area contributed by atoms with Gasteiger partial charge in [-0.1, -0.05) is 24.3 Å². The third kappa shape index (κ3) is 8.04. The van der Waals surface area contributed by atoms with Crippen molar-refractivity contribution in [2.45, 2.75) is 54.8 Å². The fraction of sp³-hybridized carbons (Fsp3) is 0.400. The molecule has 4 rings (SSSR count). The van der Waals surface area contributed by atoms with Crippen molar-refractivity contribution in [1.29, 1.82) is 0 Å². The van der Waals surface area contributed by atoms with Crippen molar-refractivity contribution in [3.63, 3.8) is 0 Å². The van der Waals surface area contributed by atoms with E-state index < -0.39 is 86.6 Å². The molecule has 2 aromatic rings. The van der Waals surface area contributed by atoms with Crippen molar-refractivity contribution < 1.29 is 74.1 Å². The molecule has 0 bridgehead atoms. The van der Waals surface area contributed by atoms with E-state index in [1.807, 2.05) is 0 Å². The zero-order valence-corrected chi connectivity index (χ0v) is 23.6. The number of ether oxygens (including phenoxy) is 5. The summed E-state index contributed by atoms with van der Waals surface area (Å²) in [5, 5.41) is 81.1. The van der Waals surface area contributed by atoms with Gasteiger partial charge in [-0.2, -0.15) is 0 Å². The SMILES string of the molecule is O=C(/C=C/c1ccc(O)cc1)O[C@H]1[C@H](O)[C@@H](O)[C@@H](O[C@]2(CO)O[C@H](CO)[C@@H](O)[C@@H]2OC(=O)/C=C/c2ccc(O)cc2)O[C@@H]1CO. The normalized spacial score (nSPS) is 31.8. The first-order chi connectivity index (χ1) is 21.5. The van der Waals surface area contributed by atoms with Gasteiger partial charge in [0.15, 0.2) is 18.5 Å². The molecule has 0 aliphatic carbocycles.